The van der Waals surface area contributed by atoms with Gasteiger partial charge in [-0.15, -0.1) is 0 Å². The van der Waals surface area contributed by atoms with E-state index in [9.17, 15) is 9.59 Å². The summed E-state index contributed by atoms with van der Waals surface area (Å²) in [5.74, 6) is -0.741. The fourth-order valence-electron chi connectivity index (χ4n) is 2.43. The standard InChI is InChI=1S/C16H21ClN2O3/c1-3-4-5-6-11(2)18-15(20)10-19-13-8-7-12(17)9-14(13)22-16(19)21/h7-9,11H,3-6,10H2,1-2H3,(H,18,20)/t11-/m0/s1. The number of benzene rings is 1. The van der Waals surface area contributed by atoms with E-state index in [2.05, 4.69) is 12.2 Å². The Bertz CT molecular complexity index is 705. The Labute approximate surface area is 134 Å². The molecule has 0 bridgehead atoms. The zero-order valence-corrected chi connectivity index (χ0v) is 13.7. The van der Waals surface area contributed by atoms with Gasteiger partial charge in [0.2, 0.25) is 5.91 Å². The van der Waals surface area contributed by atoms with Gasteiger partial charge < -0.3 is 9.73 Å². The maximum Gasteiger partial charge on any atom is 0.420 e. The Morgan fingerprint density at radius 2 is 2.18 bits per heavy atom. The SMILES string of the molecule is CCCCC[C@H](C)NC(=O)Cn1c(=O)oc2cc(Cl)ccc21. The van der Waals surface area contributed by atoms with Crippen LogP contribution in [0.2, 0.25) is 5.02 Å². The second kappa shape index (κ2) is 7.49. The second-order valence-corrected chi connectivity index (χ2v) is 5.97. The van der Waals surface area contributed by atoms with Crippen molar-refractivity contribution in [2.75, 3.05) is 0 Å². The molecule has 6 heteroatoms. The number of nitrogens with one attached hydrogen (secondary N) is 1. The van der Waals surface area contributed by atoms with Gasteiger partial charge in [0, 0.05) is 17.1 Å². The third-order valence-electron chi connectivity index (χ3n) is 3.58. The van der Waals surface area contributed by atoms with Crippen molar-refractivity contribution >= 4 is 28.6 Å². The first-order chi connectivity index (χ1) is 10.5. The monoisotopic (exact) mass is 324 g/mol. The second-order valence-electron chi connectivity index (χ2n) is 5.53. The minimum Gasteiger partial charge on any atom is -0.408 e. The van der Waals surface area contributed by atoms with Crippen LogP contribution in [0.5, 0.6) is 0 Å². The molecule has 1 atom stereocenters. The third kappa shape index (κ3) is 4.13. The summed E-state index contributed by atoms with van der Waals surface area (Å²) in [7, 11) is 0. The number of amides is 1. The van der Waals surface area contributed by atoms with Crippen molar-refractivity contribution in [2.24, 2.45) is 0 Å². The lowest BCUT2D eigenvalue weighted by Crippen LogP contribution is -2.36. The van der Waals surface area contributed by atoms with E-state index < -0.39 is 5.76 Å². The lowest BCUT2D eigenvalue weighted by Gasteiger charge is -2.13. The number of carbonyl (C=O) groups excluding carboxylic acids is 1. The van der Waals surface area contributed by atoms with Crippen LogP contribution >= 0.6 is 11.6 Å². The quantitative estimate of drug-likeness (QED) is 0.794. The Kier molecular flexibility index (Phi) is 5.66. The lowest BCUT2D eigenvalue weighted by molar-refractivity contribution is -0.122. The van der Waals surface area contributed by atoms with E-state index in [4.69, 9.17) is 16.0 Å². The molecule has 1 amide bonds. The molecule has 0 saturated heterocycles. The molecular formula is C16H21ClN2O3. The van der Waals surface area contributed by atoms with E-state index in [1.54, 1.807) is 18.2 Å². The summed E-state index contributed by atoms with van der Waals surface area (Å²) in [6, 6.07) is 5.02. The maximum atomic E-state index is 12.1. The van der Waals surface area contributed by atoms with Crippen molar-refractivity contribution < 1.29 is 9.21 Å². The minimum atomic E-state index is -0.550. The molecule has 1 aromatic carbocycles. The summed E-state index contributed by atoms with van der Waals surface area (Å²) in [6.45, 7) is 4.07. The molecule has 0 aliphatic carbocycles. The molecule has 0 aliphatic rings. The number of aromatic nitrogens is 1. The Balaban J connectivity index is 2.03. The summed E-state index contributed by atoms with van der Waals surface area (Å²) in [5, 5.41) is 3.40. The summed E-state index contributed by atoms with van der Waals surface area (Å²) in [6.07, 6.45) is 4.34. The van der Waals surface area contributed by atoms with Crippen molar-refractivity contribution in [3.63, 3.8) is 0 Å². The summed E-state index contributed by atoms with van der Waals surface area (Å²) >= 11 is 5.86. The van der Waals surface area contributed by atoms with Crippen LogP contribution in [0.25, 0.3) is 11.1 Å². The molecule has 0 aliphatic heterocycles. The summed E-state index contributed by atoms with van der Waals surface area (Å²) < 4.78 is 6.43. The van der Waals surface area contributed by atoms with Gasteiger partial charge in [0.15, 0.2) is 5.58 Å². The smallest absolute Gasteiger partial charge is 0.408 e. The average molecular weight is 325 g/mol. The van der Waals surface area contributed by atoms with Crippen LogP contribution in [0.15, 0.2) is 27.4 Å². The lowest BCUT2D eigenvalue weighted by atomic mass is 10.1. The molecule has 22 heavy (non-hydrogen) atoms. The Hall–Kier alpha value is -1.75. The van der Waals surface area contributed by atoms with Gasteiger partial charge in [-0.3, -0.25) is 9.36 Å². The number of unbranched alkanes of at least 4 members (excludes halogenated alkanes) is 2. The van der Waals surface area contributed by atoms with Crippen LogP contribution in [0.4, 0.5) is 0 Å². The number of nitrogens with zero attached hydrogens (tertiary/aromatic N) is 1. The van der Waals surface area contributed by atoms with Crippen LogP contribution < -0.4 is 11.1 Å². The topological polar surface area (TPSA) is 64.2 Å². The van der Waals surface area contributed by atoms with E-state index >= 15 is 0 Å². The van der Waals surface area contributed by atoms with E-state index in [0.29, 0.717) is 16.1 Å². The maximum absolute atomic E-state index is 12.1. The normalized spacial score (nSPS) is 12.5. The fourth-order valence-corrected chi connectivity index (χ4v) is 2.59. The number of hydrogen-bond donors (Lipinski definition) is 1. The Morgan fingerprint density at radius 1 is 1.41 bits per heavy atom. The first-order valence-electron chi connectivity index (χ1n) is 7.59. The third-order valence-corrected chi connectivity index (χ3v) is 3.82. The van der Waals surface area contributed by atoms with Crippen molar-refractivity contribution in [1.29, 1.82) is 0 Å². The van der Waals surface area contributed by atoms with E-state index in [0.717, 1.165) is 25.7 Å². The van der Waals surface area contributed by atoms with Crippen LogP contribution in [-0.4, -0.2) is 16.5 Å². The zero-order chi connectivity index (χ0) is 16.1. The molecule has 0 spiro atoms. The van der Waals surface area contributed by atoms with Gasteiger partial charge in [-0.25, -0.2) is 4.79 Å². The summed E-state index contributed by atoms with van der Waals surface area (Å²) in [5.41, 5.74) is 0.962. The van der Waals surface area contributed by atoms with Gasteiger partial charge in [0.1, 0.15) is 6.54 Å². The molecule has 2 rings (SSSR count). The summed E-state index contributed by atoms with van der Waals surface area (Å²) in [4.78, 5) is 23.9. The minimum absolute atomic E-state index is 0.0500. The molecule has 5 nitrogen and oxygen atoms in total. The molecule has 2 aromatic rings. The number of carbonyl (C=O) groups is 1. The molecule has 1 N–H and O–H groups in total. The van der Waals surface area contributed by atoms with E-state index in [1.165, 1.54) is 4.57 Å². The van der Waals surface area contributed by atoms with E-state index in [-0.39, 0.29) is 18.5 Å². The van der Waals surface area contributed by atoms with Crippen LogP contribution in [0.3, 0.4) is 0 Å². The average Bonchev–Trinajstić information content (AvgIpc) is 2.74. The highest BCUT2D eigenvalue weighted by atomic mass is 35.5. The predicted octanol–water partition coefficient (Wildman–Crippen LogP) is 3.33. The number of halogens is 1. The van der Waals surface area contributed by atoms with Crippen molar-refractivity contribution in [1.82, 2.24) is 9.88 Å². The highest BCUT2D eigenvalue weighted by molar-refractivity contribution is 6.31. The number of hydrogen-bond acceptors (Lipinski definition) is 3. The van der Waals surface area contributed by atoms with Gasteiger partial charge in [-0.2, -0.15) is 0 Å². The zero-order valence-electron chi connectivity index (χ0n) is 12.9. The number of fused-ring (bicyclic) bond motifs is 1. The number of rotatable bonds is 7. The Morgan fingerprint density at radius 3 is 2.91 bits per heavy atom. The van der Waals surface area contributed by atoms with Crippen molar-refractivity contribution in [3.8, 4) is 0 Å². The van der Waals surface area contributed by atoms with Crippen LogP contribution in [0, 0.1) is 0 Å². The van der Waals surface area contributed by atoms with Gasteiger partial charge in [-0.05, 0) is 25.5 Å². The van der Waals surface area contributed by atoms with Crippen molar-refractivity contribution in [2.45, 2.75) is 52.1 Å². The first kappa shape index (κ1) is 16.6. The molecule has 0 saturated carbocycles. The first-order valence-corrected chi connectivity index (χ1v) is 7.97. The molecule has 1 aromatic heterocycles. The predicted molar refractivity (Wildman–Crippen MR) is 87.2 cm³/mol. The van der Waals surface area contributed by atoms with Gasteiger partial charge in [0.05, 0.1) is 5.52 Å². The largest absolute Gasteiger partial charge is 0.420 e. The molecule has 0 radical (unpaired) electrons. The molecule has 120 valence electrons. The van der Waals surface area contributed by atoms with Gasteiger partial charge >= 0.3 is 5.76 Å². The van der Waals surface area contributed by atoms with Crippen molar-refractivity contribution in [3.05, 3.63) is 33.8 Å². The van der Waals surface area contributed by atoms with Crippen LogP contribution in [-0.2, 0) is 11.3 Å². The number of oxazole rings is 1. The van der Waals surface area contributed by atoms with Crippen LogP contribution in [0.1, 0.15) is 39.5 Å². The van der Waals surface area contributed by atoms with Gasteiger partial charge in [0.25, 0.3) is 0 Å². The van der Waals surface area contributed by atoms with Gasteiger partial charge in [-0.1, -0.05) is 37.8 Å². The molecule has 1 heterocycles. The highest BCUT2D eigenvalue weighted by Crippen LogP contribution is 2.18. The van der Waals surface area contributed by atoms with E-state index in [1.807, 2.05) is 6.92 Å². The molecular weight excluding hydrogens is 304 g/mol. The fraction of sp³-hybridized carbons (Fsp3) is 0.500. The molecule has 0 unspecified atom stereocenters. The molecule has 0 fully saturated rings. The highest BCUT2D eigenvalue weighted by Gasteiger charge is 2.14.